The molecule has 5 aromatic carbocycles. The Morgan fingerprint density at radius 2 is 1.29 bits per heavy atom. The number of anilines is 1. The van der Waals surface area contributed by atoms with Gasteiger partial charge >= 0.3 is 18.8 Å². The van der Waals surface area contributed by atoms with E-state index in [0.717, 1.165) is 41.5 Å². The minimum absolute atomic E-state index is 0. The second-order valence-corrected chi connectivity index (χ2v) is 16.3. The van der Waals surface area contributed by atoms with Gasteiger partial charge in [-0.15, -0.1) is 10.8 Å². The van der Waals surface area contributed by atoms with Crippen molar-refractivity contribution in [3.05, 3.63) is 112 Å². The van der Waals surface area contributed by atoms with Crippen LogP contribution in [-0.4, -0.2) is 39.9 Å². The molecule has 1 heterocycles. The summed E-state index contributed by atoms with van der Waals surface area (Å²) in [6.45, 7) is 2.91. The van der Waals surface area contributed by atoms with E-state index in [2.05, 4.69) is 30.9 Å². The van der Waals surface area contributed by atoms with E-state index in [1.165, 1.54) is 25.1 Å². The molecule has 0 fully saturated rings. The van der Waals surface area contributed by atoms with Gasteiger partial charge in [-0.2, -0.15) is 15.3 Å². The first kappa shape index (κ1) is 42.9. The molecule has 1 radical (unpaired) electrons. The fourth-order valence-corrected chi connectivity index (χ4v) is 6.42. The number of halogens is 1. The first-order valence-electron chi connectivity index (χ1n) is 15.7. The molecule has 56 heavy (non-hydrogen) atoms. The van der Waals surface area contributed by atoms with Gasteiger partial charge in [-0.05, 0) is 53.9 Å². The second-order valence-electron chi connectivity index (χ2n) is 11.8. The molecule has 0 atom stereocenters. The summed E-state index contributed by atoms with van der Waals surface area (Å²) in [4.78, 5) is 23.9. The number of carbonyl (C=O) groups excluding carboxylic acids is 1. The van der Waals surface area contributed by atoms with E-state index in [4.69, 9.17) is 11.6 Å². The number of nitrogens with one attached hydrogen (secondary N) is 1. The van der Waals surface area contributed by atoms with Gasteiger partial charge in [0.2, 0.25) is 5.91 Å². The molecule has 0 spiro atoms. The fraction of sp³-hybridized carbons (Fsp3) is 0.111. The van der Waals surface area contributed by atoms with Crippen LogP contribution in [0.4, 0.5) is 28.4 Å². The number of fused-ring (bicyclic) bond motifs is 1. The molecule has 0 saturated carbocycles. The summed E-state index contributed by atoms with van der Waals surface area (Å²) < 4.78 is 47.7. The summed E-state index contributed by atoms with van der Waals surface area (Å²) in [6, 6.07) is 21.3. The Kier molecular flexibility index (Phi) is 13.3. The van der Waals surface area contributed by atoms with Crippen LogP contribution >= 0.6 is 11.6 Å². The van der Waals surface area contributed by atoms with E-state index < -0.39 is 42.5 Å². The van der Waals surface area contributed by atoms with Crippen LogP contribution < -0.4 is 31.3 Å². The number of aromatic nitrogens is 2. The van der Waals surface area contributed by atoms with Crippen molar-refractivity contribution in [2.45, 2.75) is 23.6 Å². The van der Waals surface area contributed by atoms with Crippen molar-refractivity contribution in [2.75, 3.05) is 17.8 Å². The molecule has 1 aromatic heterocycles. The number of hydrogen-bond donors (Lipinski definition) is 1. The van der Waals surface area contributed by atoms with Crippen LogP contribution in [0.15, 0.2) is 126 Å². The topological polar surface area (TPSA) is 252 Å². The van der Waals surface area contributed by atoms with Crippen LogP contribution in [0.5, 0.6) is 17.2 Å². The number of carbonyl (C=O) groups is 1. The van der Waals surface area contributed by atoms with Gasteiger partial charge in [-0.1, -0.05) is 78.2 Å². The van der Waals surface area contributed by atoms with E-state index in [-0.39, 0.29) is 57.2 Å². The van der Waals surface area contributed by atoms with E-state index in [1.807, 2.05) is 0 Å². The normalized spacial score (nSPS) is 11.7. The number of rotatable bonds is 8. The molecule has 6 aromatic rings. The van der Waals surface area contributed by atoms with Gasteiger partial charge in [0.05, 0.1) is 32.5 Å². The molecule has 16 nitrogen and oxygen atoms in total. The zero-order chi connectivity index (χ0) is 40.2. The third-order valence-electron chi connectivity index (χ3n) is 7.56. The molecule has 1 amide bonds. The summed E-state index contributed by atoms with van der Waals surface area (Å²) >= 11 is 5.93. The number of sulfone groups is 2. The Morgan fingerprint density at radius 3 is 1.82 bits per heavy atom. The van der Waals surface area contributed by atoms with Crippen LogP contribution in [0.3, 0.4) is 0 Å². The molecular weight excluding hydrogens is 826 g/mol. The molecule has 6 rings (SSSR count). The third kappa shape index (κ3) is 10.1. The molecule has 20 heteroatoms. The maximum atomic E-state index is 12.6. The minimum Gasteiger partial charge on any atom is -0.871 e. The molecule has 0 unspecified atom stereocenters. The summed E-state index contributed by atoms with van der Waals surface area (Å²) in [5.74, 6) is -1.83. The molecule has 287 valence electrons. The number of amides is 1. The average Bonchev–Trinajstić information content (AvgIpc) is 3.39. The molecule has 1 N–H and O–H groups in total. The number of benzene rings is 5. The van der Waals surface area contributed by atoms with Crippen LogP contribution in [0.2, 0.25) is 5.02 Å². The Hall–Kier alpha value is -5.84. The van der Waals surface area contributed by atoms with E-state index in [1.54, 1.807) is 55.5 Å². The number of nitrogens with zero attached hydrogens (tertiary/aromatic N) is 6. The van der Waals surface area contributed by atoms with Crippen molar-refractivity contribution < 1.29 is 55.7 Å². The minimum atomic E-state index is -3.54. The van der Waals surface area contributed by atoms with Crippen molar-refractivity contribution in [1.29, 1.82) is 0 Å². The Bertz CT molecular complexity index is 2830. The van der Waals surface area contributed by atoms with Gasteiger partial charge in [0.25, 0.3) is 5.56 Å². The van der Waals surface area contributed by atoms with Crippen LogP contribution in [0.1, 0.15) is 14.0 Å². The monoisotopic (exact) mass is 854 g/mol. The van der Waals surface area contributed by atoms with Crippen LogP contribution in [0, 0.1) is 6.92 Å². The summed E-state index contributed by atoms with van der Waals surface area (Å²) in [5.41, 5.74) is 0.0823. The van der Waals surface area contributed by atoms with Crippen molar-refractivity contribution in [3.63, 3.8) is 0 Å². The summed E-state index contributed by atoms with van der Waals surface area (Å²) in [5, 5.41) is 59.8. The van der Waals surface area contributed by atoms with Crippen molar-refractivity contribution in [2.24, 2.45) is 20.5 Å². The molecule has 0 aliphatic heterocycles. The van der Waals surface area contributed by atoms with E-state index >= 15 is 0 Å². The SMILES string of the molecule is CC(=O)Nc1cccc2ccc([O-])c(N=Nc3cc(S(C)(=O)=O)ccc3[O-])c12.Cc1[n-]n(-c2cccc(Cl)c2)c(=O)c1N=Nc1cc(S(C)(=O)=O)ccc1[O-].[Cr+3].[H+]. The number of hydrogen-bond acceptors (Lipinski definition) is 13. The summed E-state index contributed by atoms with van der Waals surface area (Å²) in [6.07, 6.45) is 2.02. The first-order chi connectivity index (χ1) is 25.8. The van der Waals surface area contributed by atoms with Gasteiger partial charge in [0.1, 0.15) is 5.69 Å². The summed E-state index contributed by atoms with van der Waals surface area (Å²) in [7, 11) is -7.05. The molecular formula is C36H29ClCrN7O9S2. The molecule has 0 aliphatic rings. The largest absolute Gasteiger partial charge is 3.00 e. The number of aryl methyl sites for hydroxylation is 1. The van der Waals surface area contributed by atoms with Gasteiger partial charge in [-0.25, -0.2) is 16.8 Å². The van der Waals surface area contributed by atoms with Gasteiger partial charge in [0, 0.05) is 35.5 Å². The quantitative estimate of drug-likeness (QED) is 0.188. The Balaban J connectivity index is 0.000000295. The van der Waals surface area contributed by atoms with Crippen molar-refractivity contribution in [3.8, 4) is 22.9 Å². The smallest absolute Gasteiger partial charge is 0.871 e. The zero-order valence-electron chi connectivity index (χ0n) is 30.6. The maximum absolute atomic E-state index is 12.6. The van der Waals surface area contributed by atoms with Gasteiger partial charge in [-0.3, -0.25) is 9.59 Å². The van der Waals surface area contributed by atoms with Gasteiger partial charge < -0.3 is 30.4 Å². The van der Waals surface area contributed by atoms with Gasteiger partial charge in [0.15, 0.2) is 19.7 Å². The van der Waals surface area contributed by atoms with Crippen LogP contribution in [-0.2, 0) is 41.8 Å². The molecule has 0 aliphatic carbocycles. The second kappa shape index (κ2) is 17.3. The predicted octanol–water partition coefficient (Wildman–Crippen LogP) is 5.52. The van der Waals surface area contributed by atoms with Crippen LogP contribution in [0.25, 0.3) is 16.5 Å². The number of azo groups is 2. The predicted molar refractivity (Wildman–Crippen MR) is 200 cm³/mol. The Morgan fingerprint density at radius 1 is 0.750 bits per heavy atom. The first-order valence-corrected chi connectivity index (χ1v) is 19.9. The van der Waals surface area contributed by atoms with E-state index in [9.17, 15) is 41.7 Å². The van der Waals surface area contributed by atoms with Crippen molar-refractivity contribution >= 4 is 76.4 Å². The fourth-order valence-electron chi connectivity index (χ4n) is 4.95. The molecule has 0 bridgehead atoms. The average molecular weight is 855 g/mol. The molecule has 0 saturated heterocycles. The zero-order valence-corrected chi connectivity index (χ0v) is 33.3. The van der Waals surface area contributed by atoms with Crippen molar-refractivity contribution in [1.82, 2.24) is 9.78 Å². The van der Waals surface area contributed by atoms with E-state index in [0.29, 0.717) is 32.9 Å². The maximum Gasteiger partial charge on any atom is 3.00 e. The Labute approximate surface area is 337 Å². The standard InChI is InChI=1S/C19H17N3O5S.C17H15ClN4O4S.Cr/c1-11(23)20-14-5-3-4-12-6-8-17(25)19(18(12)14)22-21-15-10-13(28(2,26)27)7-9-16(15)24;1-10-16(17(24)22(21-10)12-5-3-4-11(18)8-12)20-19-14-9-13(27(2,25)26)6-7-15(14)23;/h3-10,24-25H,1-2H3,(H,20,23);3-9H,1-2H3,(H2,19,20,21,23,24);/q;;+3/p-3. The third-order valence-corrected chi connectivity index (χ3v) is 10.0.